The summed E-state index contributed by atoms with van der Waals surface area (Å²) in [5.41, 5.74) is 2.09. The molecule has 0 aliphatic heterocycles. The highest BCUT2D eigenvalue weighted by atomic mass is 32.2. The lowest BCUT2D eigenvalue weighted by Gasteiger charge is -2.00. The molecule has 0 radical (unpaired) electrons. The number of nitrogens with one attached hydrogen (secondary N) is 2. The number of aromatic amines is 1. The van der Waals surface area contributed by atoms with Crippen LogP contribution in [0, 0.1) is 13.8 Å². The van der Waals surface area contributed by atoms with Crippen molar-refractivity contribution in [2.45, 2.75) is 38.8 Å². The smallest absolute Gasteiger partial charge is 0.236 e. The van der Waals surface area contributed by atoms with Crippen molar-refractivity contribution in [3.63, 3.8) is 0 Å². The summed E-state index contributed by atoms with van der Waals surface area (Å²) in [5, 5.41) is 7.15. The Morgan fingerprint density at radius 1 is 1.50 bits per heavy atom. The molecule has 2 rings (SSSR count). The van der Waals surface area contributed by atoms with Crippen LogP contribution in [0.2, 0.25) is 0 Å². The van der Waals surface area contributed by atoms with Gasteiger partial charge in [0.25, 0.3) is 0 Å². The Morgan fingerprint density at radius 3 is 2.80 bits per heavy atom. The van der Waals surface area contributed by atoms with Crippen LogP contribution >= 0.6 is 11.8 Å². The highest BCUT2D eigenvalue weighted by Crippen LogP contribution is 2.22. The second-order valence-electron chi connectivity index (χ2n) is 4.87. The van der Waals surface area contributed by atoms with Gasteiger partial charge in [-0.05, 0) is 19.8 Å². The second kappa shape index (κ2) is 6.13. The molecule has 0 spiro atoms. The Bertz CT molecular complexity index is 603. The summed E-state index contributed by atoms with van der Waals surface area (Å²) in [6.45, 7) is 7.95. The van der Waals surface area contributed by atoms with E-state index < -0.39 is 0 Å². The summed E-state index contributed by atoms with van der Waals surface area (Å²) in [5.74, 6) is 1.61. The molecule has 0 aromatic carbocycles. The first kappa shape index (κ1) is 14.6. The molecule has 6 nitrogen and oxygen atoms in total. The molecule has 0 saturated carbocycles. The fourth-order valence-electron chi connectivity index (χ4n) is 1.81. The number of thioether (sulfide) groups is 1. The average molecular weight is 294 g/mol. The zero-order valence-electron chi connectivity index (χ0n) is 12.0. The van der Waals surface area contributed by atoms with Crippen LogP contribution in [0.3, 0.4) is 0 Å². The Balaban J connectivity index is 1.88. The maximum absolute atomic E-state index is 11.8. The first-order valence-electron chi connectivity index (χ1n) is 6.38. The number of anilines is 1. The first-order chi connectivity index (χ1) is 9.45. The van der Waals surface area contributed by atoms with Crippen molar-refractivity contribution in [1.29, 1.82) is 0 Å². The molecular weight excluding hydrogens is 276 g/mol. The Kier molecular flexibility index (Phi) is 4.49. The average Bonchev–Trinajstić information content (AvgIpc) is 2.93. The van der Waals surface area contributed by atoms with Crippen LogP contribution in [0.5, 0.6) is 0 Å². The predicted molar refractivity (Wildman–Crippen MR) is 78.0 cm³/mol. The summed E-state index contributed by atoms with van der Waals surface area (Å²) < 4.78 is 4.88. The van der Waals surface area contributed by atoms with Crippen molar-refractivity contribution in [2.24, 2.45) is 0 Å². The summed E-state index contributed by atoms with van der Waals surface area (Å²) in [6.07, 6.45) is 0. The number of imidazole rings is 1. The maximum Gasteiger partial charge on any atom is 0.236 e. The number of hydrogen-bond acceptors (Lipinski definition) is 5. The van der Waals surface area contributed by atoms with Crippen molar-refractivity contribution in [2.75, 3.05) is 11.1 Å². The highest BCUT2D eigenvalue weighted by molar-refractivity contribution is 7.99. The summed E-state index contributed by atoms with van der Waals surface area (Å²) in [7, 11) is 0. The zero-order chi connectivity index (χ0) is 14.7. The summed E-state index contributed by atoms with van der Waals surface area (Å²) in [4.78, 5) is 19.4. The molecule has 2 aromatic heterocycles. The van der Waals surface area contributed by atoms with E-state index in [2.05, 4.69) is 34.3 Å². The molecule has 0 unspecified atom stereocenters. The number of carbonyl (C=O) groups excluding carboxylic acids is 1. The molecule has 0 aliphatic rings. The van der Waals surface area contributed by atoms with Crippen LogP contribution in [0.15, 0.2) is 15.7 Å². The summed E-state index contributed by atoms with van der Waals surface area (Å²) in [6, 6.07) is 1.68. The fourth-order valence-corrected chi connectivity index (χ4v) is 2.54. The first-order valence-corrected chi connectivity index (χ1v) is 7.36. The highest BCUT2D eigenvalue weighted by Gasteiger charge is 2.12. The molecule has 20 heavy (non-hydrogen) atoms. The van der Waals surface area contributed by atoms with Gasteiger partial charge in [-0.15, -0.1) is 0 Å². The van der Waals surface area contributed by atoms with Gasteiger partial charge in [0.1, 0.15) is 5.76 Å². The number of carbonyl (C=O) groups is 1. The lowest BCUT2D eigenvalue weighted by molar-refractivity contribution is -0.113. The van der Waals surface area contributed by atoms with Gasteiger partial charge in [0.05, 0.1) is 11.4 Å². The van der Waals surface area contributed by atoms with E-state index in [1.807, 2.05) is 6.92 Å². The van der Waals surface area contributed by atoms with Gasteiger partial charge >= 0.3 is 0 Å². The number of rotatable bonds is 5. The van der Waals surface area contributed by atoms with Gasteiger partial charge < -0.3 is 14.8 Å². The van der Waals surface area contributed by atoms with E-state index >= 15 is 0 Å². The second-order valence-corrected chi connectivity index (χ2v) is 5.83. The van der Waals surface area contributed by atoms with Gasteiger partial charge in [0, 0.05) is 11.8 Å². The lowest BCUT2D eigenvalue weighted by Crippen LogP contribution is -2.14. The molecule has 0 fully saturated rings. The van der Waals surface area contributed by atoms with Gasteiger partial charge in [0.15, 0.2) is 11.0 Å². The number of amides is 1. The largest absolute Gasteiger partial charge is 0.360 e. The van der Waals surface area contributed by atoms with Gasteiger partial charge in [-0.25, -0.2) is 4.98 Å². The molecule has 1 amide bonds. The molecular formula is C13H18N4O2S. The lowest BCUT2D eigenvalue weighted by atomic mass is 10.1. The van der Waals surface area contributed by atoms with Gasteiger partial charge in [-0.1, -0.05) is 30.8 Å². The SMILES string of the molecule is Cc1cc(NC(=O)CSc2nc(C(C)C)c(C)[nH]2)no1. The quantitative estimate of drug-likeness (QED) is 0.828. The zero-order valence-corrected chi connectivity index (χ0v) is 12.8. The van der Waals surface area contributed by atoms with Crippen molar-refractivity contribution in [1.82, 2.24) is 15.1 Å². The topological polar surface area (TPSA) is 83.8 Å². The minimum Gasteiger partial charge on any atom is -0.360 e. The number of hydrogen-bond donors (Lipinski definition) is 2. The van der Waals surface area contributed by atoms with Crippen molar-refractivity contribution in [3.05, 3.63) is 23.2 Å². The standard InChI is InChI=1S/C13H18N4O2S/c1-7(2)12-9(4)14-13(16-12)20-6-11(18)15-10-5-8(3)19-17-10/h5,7H,6H2,1-4H3,(H,14,16)(H,15,17,18). The minimum absolute atomic E-state index is 0.136. The maximum atomic E-state index is 11.8. The van der Waals surface area contributed by atoms with E-state index in [0.29, 0.717) is 17.5 Å². The molecule has 7 heteroatoms. The Hall–Kier alpha value is -1.76. The molecule has 2 heterocycles. The van der Waals surface area contributed by atoms with Crippen molar-refractivity contribution in [3.8, 4) is 0 Å². The van der Waals surface area contributed by atoms with E-state index in [-0.39, 0.29) is 11.7 Å². The Morgan fingerprint density at radius 2 is 2.25 bits per heavy atom. The number of aryl methyl sites for hydroxylation is 2. The van der Waals surface area contributed by atoms with E-state index in [9.17, 15) is 4.79 Å². The number of H-pyrrole nitrogens is 1. The predicted octanol–water partition coefficient (Wildman–Crippen LogP) is 2.87. The third-order valence-electron chi connectivity index (χ3n) is 2.68. The normalized spacial score (nSPS) is 11.1. The van der Waals surface area contributed by atoms with Crippen LogP contribution in [0.1, 0.15) is 36.9 Å². The van der Waals surface area contributed by atoms with Crippen molar-refractivity contribution >= 4 is 23.5 Å². The molecule has 108 valence electrons. The number of aromatic nitrogens is 3. The van der Waals surface area contributed by atoms with Crippen LogP contribution in [0.25, 0.3) is 0 Å². The van der Waals surface area contributed by atoms with Crippen molar-refractivity contribution < 1.29 is 9.32 Å². The van der Waals surface area contributed by atoms with E-state index in [1.165, 1.54) is 11.8 Å². The fraction of sp³-hybridized carbons (Fsp3) is 0.462. The monoisotopic (exact) mass is 294 g/mol. The van der Waals surface area contributed by atoms with Crippen LogP contribution < -0.4 is 5.32 Å². The van der Waals surface area contributed by atoms with E-state index in [0.717, 1.165) is 16.5 Å². The van der Waals surface area contributed by atoms with Crippen LogP contribution in [0.4, 0.5) is 5.82 Å². The van der Waals surface area contributed by atoms with Crippen LogP contribution in [-0.4, -0.2) is 26.8 Å². The van der Waals surface area contributed by atoms with Crippen LogP contribution in [-0.2, 0) is 4.79 Å². The third-order valence-corrected chi connectivity index (χ3v) is 3.56. The molecule has 2 aromatic rings. The van der Waals surface area contributed by atoms with E-state index in [4.69, 9.17) is 4.52 Å². The summed E-state index contributed by atoms with van der Waals surface area (Å²) >= 11 is 1.37. The number of nitrogens with zero attached hydrogens (tertiary/aromatic N) is 2. The minimum atomic E-state index is -0.136. The molecule has 0 aliphatic carbocycles. The van der Waals surface area contributed by atoms with E-state index in [1.54, 1.807) is 13.0 Å². The molecule has 0 saturated heterocycles. The molecule has 0 atom stereocenters. The van der Waals surface area contributed by atoms with Gasteiger partial charge in [-0.3, -0.25) is 4.79 Å². The van der Waals surface area contributed by atoms with Gasteiger partial charge in [0.2, 0.25) is 5.91 Å². The Labute approximate surface area is 121 Å². The molecule has 0 bridgehead atoms. The third kappa shape index (κ3) is 3.63. The van der Waals surface area contributed by atoms with Gasteiger partial charge in [-0.2, -0.15) is 0 Å². The molecule has 2 N–H and O–H groups in total.